The molecule has 0 radical (unpaired) electrons. The molecular weight excluding hydrogens is 240 g/mol. The Morgan fingerprint density at radius 2 is 2.21 bits per heavy atom. The fraction of sp³-hybridized carbons (Fsp3) is 0.571. The summed E-state index contributed by atoms with van der Waals surface area (Å²) in [6.07, 6.45) is 7.50. The van der Waals surface area contributed by atoms with Gasteiger partial charge < -0.3 is 5.32 Å². The third-order valence-electron chi connectivity index (χ3n) is 3.40. The molecule has 5 heteroatoms. The number of rotatable bonds is 6. The van der Waals surface area contributed by atoms with Crippen LogP contribution in [0.2, 0.25) is 0 Å². The molecule has 3 N–H and O–H groups in total. The average Bonchev–Trinajstić information content (AvgIpc) is 2.89. The molecule has 0 spiro atoms. The first-order valence-electron chi connectivity index (χ1n) is 6.97. The van der Waals surface area contributed by atoms with Gasteiger partial charge in [-0.2, -0.15) is 0 Å². The van der Waals surface area contributed by atoms with E-state index in [9.17, 15) is 4.79 Å². The number of carbonyl (C=O) groups excluding carboxylic acids is 1. The number of amides is 1. The molecule has 0 aromatic carbocycles. The molecule has 1 fully saturated rings. The van der Waals surface area contributed by atoms with Crippen molar-refractivity contribution in [3.05, 3.63) is 30.1 Å². The molecule has 1 aliphatic rings. The highest BCUT2D eigenvalue weighted by atomic mass is 16.2. The molecule has 0 bridgehead atoms. The summed E-state index contributed by atoms with van der Waals surface area (Å²) in [7, 11) is 0. The minimum Gasteiger partial charge on any atom is -0.354 e. The van der Waals surface area contributed by atoms with Crippen LogP contribution in [0.25, 0.3) is 0 Å². The van der Waals surface area contributed by atoms with Crippen molar-refractivity contribution in [2.45, 2.75) is 44.7 Å². The van der Waals surface area contributed by atoms with Gasteiger partial charge in [0.2, 0.25) is 5.91 Å². The number of aromatic nitrogens is 1. The Bertz CT molecular complexity index is 396. The zero-order valence-electron chi connectivity index (χ0n) is 11.4. The summed E-state index contributed by atoms with van der Waals surface area (Å²) in [5, 5.41) is 2.97. The van der Waals surface area contributed by atoms with Gasteiger partial charge in [-0.25, -0.2) is 5.43 Å². The second-order valence-corrected chi connectivity index (χ2v) is 4.96. The molecular formula is C14H22N4O. The van der Waals surface area contributed by atoms with Gasteiger partial charge in [-0.3, -0.25) is 15.2 Å². The summed E-state index contributed by atoms with van der Waals surface area (Å²) in [6.45, 7) is 2.82. The maximum atomic E-state index is 12.0. The largest absolute Gasteiger partial charge is 0.354 e. The fourth-order valence-electron chi connectivity index (χ4n) is 2.33. The Morgan fingerprint density at radius 1 is 1.42 bits per heavy atom. The molecule has 1 amide bonds. The lowest BCUT2D eigenvalue weighted by Gasteiger charge is -2.10. The van der Waals surface area contributed by atoms with E-state index in [0.29, 0.717) is 12.6 Å². The van der Waals surface area contributed by atoms with Crippen molar-refractivity contribution < 1.29 is 4.79 Å². The van der Waals surface area contributed by atoms with E-state index < -0.39 is 0 Å². The highest BCUT2D eigenvalue weighted by Crippen LogP contribution is 2.10. The molecule has 0 saturated carbocycles. The second-order valence-electron chi connectivity index (χ2n) is 4.96. The van der Waals surface area contributed by atoms with E-state index in [4.69, 9.17) is 0 Å². The third-order valence-corrected chi connectivity index (χ3v) is 3.40. The van der Waals surface area contributed by atoms with Crippen molar-refractivity contribution in [1.82, 2.24) is 21.2 Å². The molecule has 2 heterocycles. The maximum absolute atomic E-state index is 12.0. The van der Waals surface area contributed by atoms with E-state index in [1.165, 1.54) is 5.56 Å². The van der Waals surface area contributed by atoms with Crippen LogP contribution in [0.15, 0.2) is 24.5 Å². The number of hydrazine groups is 1. The third kappa shape index (κ3) is 4.29. The van der Waals surface area contributed by atoms with Crippen LogP contribution >= 0.6 is 0 Å². The Kier molecular flexibility index (Phi) is 5.30. The quantitative estimate of drug-likeness (QED) is 0.708. The van der Waals surface area contributed by atoms with Crippen LogP contribution in [0.3, 0.4) is 0 Å². The zero-order chi connectivity index (χ0) is 13.5. The summed E-state index contributed by atoms with van der Waals surface area (Å²) in [5.41, 5.74) is 7.44. The van der Waals surface area contributed by atoms with Crippen LogP contribution in [0.5, 0.6) is 0 Å². The topological polar surface area (TPSA) is 66.0 Å². The van der Waals surface area contributed by atoms with Gasteiger partial charge in [-0.15, -0.1) is 0 Å². The van der Waals surface area contributed by atoms with E-state index >= 15 is 0 Å². The van der Waals surface area contributed by atoms with E-state index in [1.54, 1.807) is 12.4 Å². The van der Waals surface area contributed by atoms with E-state index in [1.807, 2.05) is 12.1 Å². The minimum absolute atomic E-state index is 0.0835. The van der Waals surface area contributed by atoms with E-state index in [2.05, 4.69) is 28.1 Å². The zero-order valence-corrected chi connectivity index (χ0v) is 11.4. The van der Waals surface area contributed by atoms with Crippen molar-refractivity contribution in [3.8, 4) is 0 Å². The lowest BCUT2D eigenvalue weighted by atomic mass is 10.1. The first-order chi connectivity index (χ1) is 9.29. The summed E-state index contributed by atoms with van der Waals surface area (Å²) < 4.78 is 0. The first kappa shape index (κ1) is 14.0. The van der Waals surface area contributed by atoms with E-state index in [-0.39, 0.29) is 11.9 Å². The van der Waals surface area contributed by atoms with Crippen molar-refractivity contribution in [2.75, 3.05) is 6.54 Å². The molecule has 2 unspecified atom stereocenters. The van der Waals surface area contributed by atoms with Crippen LogP contribution in [0, 0.1) is 0 Å². The van der Waals surface area contributed by atoms with Crippen LogP contribution < -0.4 is 16.2 Å². The lowest BCUT2D eigenvalue weighted by Crippen LogP contribution is -2.43. The molecule has 1 aliphatic heterocycles. The number of pyridine rings is 1. The van der Waals surface area contributed by atoms with Gasteiger partial charge in [0.25, 0.3) is 0 Å². The predicted molar refractivity (Wildman–Crippen MR) is 74.3 cm³/mol. The average molecular weight is 262 g/mol. The molecule has 2 rings (SSSR count). The number of nitrogens with zero attached hydrogens (tertiary/aromatic N) is 1. The highest BCUT2D eigenvalue weighted by Gasteiger charge is 2.28. The molecule has 0 aliphatic carbocycles. The van der Waals surface area contributed by atoms with Gasteiger partial charge in [0, 0.05) is 25.0 Å². The molecule has 2 atom stereocenters. The fourth-order valence-corrected chi connectivity index (χ4v) is 2.33. The van der Waals surface area contributed by atoms with Gasteiger partial charge in [-0.05, 0) is 37.0 Å². The van der Waals surface area contributed by atoms with Crippen molar-refractivity contribution in [1.29, 1.82) is 0 Å². The van der Waals surface area contributed by atoms with E-state index in [0.717, 1.165) is 25.7 Å². The summed E-state index contributed by atoms with van der Waals surface area (Å²) in [5.74, 6) is 0.0835. The van der Waals surface area contributed by atoms with Crippen molar-refractivity contribution >= 4 is 5.91 Å². The van der Waals surface area contributed by atoms with Crippen LogP contribution in [-0.2, 0) is 11.2 Å². The molecule has 104 valence electrons. The Hall–Kier alpha value is -1.46. The lowest BCUT2D eigenvalue weighted by molar-refractivity contribution is -0.122. The smallest absolute Gasteiger partial charge is 0.238 e. The maximum Gasteiger partial charge on any atom is 0.238 e. The van der Waals surface area contributed by atoms with Gasteiger partial charge in [-0.1, -0.05) is 13.3 Å². The highest BCUT2D eigenvalue weighted by molar-refractivity contribution is 5.82. The predicted octanol–water partition coefficient (Wildman–Crippen LogP) is 0.775. The molecule has 1 aromatic rings. The van der Waals surface area contributed by atoms with Crippen LogP contribution in [0.4, 0.5) is 0 Å². The number of carbonyl (C=O) groups is 1. The number of hydrogen-bond donors (Lipinski definition) is 3. The van der Waals surface area contributed by atoms with Crippen molar-refractivity contribution in [2.24, 2.45) is 0 Å². The monoisotopic (exact) mass is 262 g/mol. The van der Waals surface area contributed by atoms with Gasteiger partial charge in [0.05, 0.1) is 0 Å². The Balaban J connectivity index is 1.68. The van der Waals surface area contributed by atoms with Crippen LogP contribution in [0.1, 0.15) is 31.7 Å². The molecule has 1 saturated heterocycles. The molecule has 1 aromatic heterocycles. The second kappa shape index (κ2) is 7.21. The number of nitrogens with one attached hydrogen (secondary N) is 3. The number of hydrogen-bond acceptors (Lipinski definition) is 4. The molecule has 19 heavy (non-hydrogen) atoms. The van der Waals surface area contributed by atoms with Gasteiger partial charge >= 0.3 is 0 Å². The first-order valence-corrected chi connectivity index (χ1v) is 6.97. The summed E-state index contributed by atoms with van der Waals surface area (Å²) in [4.78, 5) is 15.9. The van der Waals surface area contributed by atoms with Crippen molar-refractivity contribution in [3.63, 3.8) is 0 Å². The Morgan fingerprint density at radius 3 is 2.95 bits per heavy atom. The summed E-state index contributed by atoms with van der Waals surface area (Å²) >= 11 is 0. The SMILES string of the molecule is CCCC1CC(C(=O)NCCc2ccncc2)NN1. The van der Waals surface area contributed by atoms with Gasteiger partial charge in [0.1, 0.15) is 6.04 Å². The Labute approximate surface area is 114 Å². The summed E-state index contributed by atoms with van der Waals surface area (Å²) in [6, 6.07) is 4.26. The van der Waals surface area contributed by atoms with Gasteiger partial charge in [0.15, 0.2) is 0 Å². The normalized spacial score (nSPS) is 22.4. The van der Waals surface area contributed by atoms with Crippen LogP contribution in [-0.4, -0.2) is 29.5 Å². The standard InChI is InChI=1S/C14H22N4O/c1-2-3-12-10-13(18-17-12)14(19)16-9-6-11-4-7-15-8-5-11/h4-5,7-8,12-13,17-18H,2-3,6,9-10H2,1H3,(H,16,19). The molecule has 5 nitrogen and oxygen atoms in total. The minimum atomic E-state index is -0.103.